The summed E-state index contributed by atoms with van der Waals surface area (Å²) in [7, 11) is 1.33. The first-order chi connectivity index (χ1) is 10.2. The van der Waals surface area contributed by atoms with Gasteiger partial charge in [-0.1, -0.05) is 60.7 Å². The minimum atomic E-state index is -0.484. The van der Waals surface area contributed by atoms with Gasteiger partial charge in [-0.2, -0.15) is 0 Å². The highest BCUT2D eigenvalue weighted by Crippen LogP contribution is 2.45. The highest BCUT2D eigenvalue weighted by Gasteiger charge is 2.56. The molecule has 1 aliphatic heterocycles. The number of hydrogen-bond acceptors (Lipinski definition) is 3. The molecule has 2 unspecified atom stereocenters. The molecule has 1 amide bonds. The average Bonchev–Trinajstić information content (AvgIpc) is 3.30. The van der Waals surface area contributed by atoms with Crippen molar-refractivity contribution >= 4 is 11.9 Å². The van der Waals surface area contributed by atoms with Crippen molar-refractivity contribution in [2.75, 3.05) is 7.11 Å². The van der Waals surface area contributed by atoms with Gasteiger partial charge in [0.2, 0.25) is 0 Å². The molecule has 4 nitrogen and oxygen atoms in total. The molecule has 0 spiro atoms. The molecule has 21 heavy (non-hydrogen) atoms. The summed E-state index contributed by atoms with van der Waals surface area (Å²) in [5.74, 6) is -0.0603. The highest BCUT2D eigenvalue weighted by atomic mass is 16.5. The second-order valence-corrected chi connectivity index (χ2v) is 4.91. The van der Waals surface area contributed by atoms with E-state index in [1.54, 1.807) is 12.1 Å². The summed E-state index contributed by atoms with van der Waals surface area (Å²) < 4.78 is 4.78. The van der Waals surface area contributed by atoms with E-state index in [9.17, 15) is 9.59 Å². The molecule has 2 atom stereocenters. The summed E-state index contributed by atoms with van der Waals surface area (Å²) in [5, 5.41) is 0. The first kappa shape index (κ1) is 13.4. The first-order valence-corrected chi connectivity index (χ1v) is 6.74. The van der Waals surface area contributed by atoms with Gasteiger partial charge in [-0.05, 0) is 5.56 Å². The van der Waals surface area contributed by atoms with Crippen LogP contribution >= 0.6 is 0 Å². The third-order valence-corrected chi connectivity index (χ3v) is 3.66. The van der Waals surface area contributed by atoms with Gasteiger partial charge in [-0.15, -0.1) is 0 Å². The lowest BCUT2D eigenvalue weighted by molar-refractivity contribution is 0.0962. The third-order valence-electron chi connectivity index (χ3n) is 3.66. The minimum Gasteiger partial charge on any atom is -0.453 e. The molecule has 0 aromatic heterocycles. The largest absolute Gasteiger partial charge is 0.453 e. The number of ketones is 1. The van der Waals surface area contributed by atoms with Crippen LogP contribution in [0.2, 0.25) is 0 Å². The summed E-state index contributed by atoms with van der Waals surface area (Å²) in [5.41, 5.74) is 1.55. The topological polar surface area (TPSA) is 46.4 Å². The van der Waals surface area contributed by atoms with Crippen molar-refractivity contribution in [1.82, 2.24) is 4.90 Å². The van der Waals surface area contributed by atoms with E-state index in [1.807, 2.05) is 48.5 Å². The molecule has 106 valence electrons. The van der Waals surface area contributed by atoms with Crippen LogP contribution in [0, 0.1) is 0 Å². The molecule has 1 fully saturated rings. The predicted octanol–water partition coefficient (Wildman–Crippen LogP) is 3.06. The van der Waals surface area contributed by atoms with Gasteiger partial charge in [0.1, 0.15) is 6.04 Å². The molecule has 0 bridgehead atoms. The van der Waals surface area contributed by atoms with Crippen molar-refractivity contribution in [1.29, 1.82) is 0 Å². The number of amides is 1. The summed E-state index contributed by atoms with van der Waals surface area (Å²) in [6.07, 6.45) is -0.474. The molecule has 4 heteroatoms. The summed E-state index contributed by atoms with van der Waals surface area (Å²) in [6, 6.07) is 17.8. The maximum absolute atomic E-state index is 12.6. The molecule has 1 aliphatic rings. The molecule has 2 aromatic rings. The number of ether oxygens (including phenoxy) is 1. The smallest absolute Gasteiger partial charge is 0.410 e. The molecular weight excluding hydrogens is 266 g/mol. The normalized spacial score (nSPS) is 20.0. The Balaban J connectivity index is 1.90. The number of hydrogen-bond donors (Lipinski definition) is 0. The Bertz CT molecular complexity index is 654. The zero-order valence-corrected chi connectivity index (χ0v) is 11.6. The average molecular weight is 281 g/mol. The van der Waals surface area contributed by atoms with Crippen LogP contribution < -0.4 is 0 Å². The van der Waals surface area contributed by atoms with E-state index in [1.165, 1.54) is 12.0 Å². The molecule has 0 N–H and O–H groups in total. The first-order valence-electron chi connectivity index (χ1n) is 6.74. The van der Waals surface area contributed by atoms with Crippen LogP contribution in [0.4, 0.5) is 4.79 Å². The fourth-order valence-electron chi connectivity index (χ4n) is 2.60. The lowest BCUT2D eigenvalue weighted by atomic mass is 10.0. The van der Waals surface area contributed by atoms with Gasteiger partial charge in [0.15, 0.2) is 5.78 Å². The molecule has 0 radical (unpaired) electrons. The number of benzene rings is 2. The van der Waals surface area contributed by atoms with Crippen LogP contribution in [0.3, 0.4) is 0 Å². The van der Waals surface area contributed by atoms with Gasteiger partial charge in [0.25, 0.3) is 0 Å². The van der Waals surface area contributed by atoms with Gasteiger partial charge in [-0.25, -0.2) is 4.79 Å². The minimum absolute atomic E-state index is 0.0603. The Kier molecular flexibility index (Phi) is 3.44. The Morgan fingerprint density at radius 3 is 2.10 bits per heavy atom. The fraction of sp³-hybridized carbons (Fsp3) is 0.176. The molecule has 0 aliphatic carbocycles. The van der Waals surface area contributed by atoms with Gasteiger partial charge in [0, 0.05) is 5.56 Å². The number of nitrogens with zero attached hydrogens (tertiary/aromatic N) is 1. The standard InChI is InChI=1S/C17H15NO3/c1-21-17(20)18-14(12-8-4-2-5-9-12)15(18)16(19)13-10-6-3-7-11-13/h2-11,14-15H,1H3. The van der Waals surface area contributed by atoms with Crippen LogP contribution in [-0.4, -0.2) is 29.9 Å². The molecule has 2 aromatic carbocycles. The second kappa shape index (κ2) is 5.40. The maximum Gasteiger partial charge on any atom is 0.410 e. The number of carbonyl (C=O) groups excluding carboxylic acids is 2. The van der Waals surface area contributed by atoms with Crippen molar-refractivity contribution in [3.05, 3.63) is 71.8 Å². The SMILES string of the molecule is COC(=O)N1C(C(=O)c2ccccc2)C1c1ccccc1. The van der Waals surface area contributed by atoms with E-state index in [4.69, 9.17) is 4.74 Å². The maximum atomic E-state index is 12.6. The van der Waals surface area contributed by atoms with Crippen molar-refractivity contribution < 1.29 is 14.3 Å². The highest BCUT2D eigenvalue weighted by molar-refractivity contribution is 6.05. The van der Waals surface area contributed by atoms with Crippen molar-refractivity contribution in [2.24, 2.45) is 0 Å². The van der Waals surface area contributed by atoms with Crippen LogP contribution in [0.1, 0.15) is 22.0 Å². The van der Waals surface area contributed by atoms with E-state index in [-0.39, 0.29) is 11.8 Å². The van der Waals surface area contributed by atoms with Crippen molar-refractivity contribution in [3.8, 4) is 0 Å². The Morgan fingerprint density at radius 1 is 0.952 bits per heavy atom. The molecule has 3 rings (SSSR count). The van der Waals surface area contributed by atoms with Crippen LogP contribution in [0.25, 0.3) is 0 Å². The summed E-state index contributed by atoms with van der Waals surface area (Å²) in [4.78, 5) is 25.9. The Labute approximate surface area is 123 Å². The lowest BCUT2D eigenvalue weighted by Gasteiger charge is -2.02. The monoisotopic (exact) mass is 281 g/mol. The fourth-order valence-corrected chi connectivity index (χ4v) is 2.60. The lowest BCUT2D eigenvalue weighted by Crippen LogP contribution is -2.18. The molecular formula is C17H15NO3. The summed E-state index contributed by atoms with van der Waals surface area (Å²) >= 11 is 0. The van der Waals surface area contributed by atoms with E-state index in [0.29, 0.717) is 5.56 Å². The number of rotatable bonds is 3. The number of methoxy groups -OCH3 is 1. The zero-order valence-electron chi connectivity index (χ0n) is 11.6. The van der Waals surface area contributed by atoms with Crippen molar-refractivity contribution in [3.63, 3.8) is 0 Å². The quantitative estimate of drug-likeness (QED) is 0.641. The van der Waals surface area contributed by atoms with Gasteiger partial charge in [0.05, 0.1) is 13.2 Å². The molecule has 1 heterocycles. The van der Waals surface area contributed by atoms with Crippen molar-refractivity contribution in [2.45, 2.75) is 12.1 Å². The van der Waals surface area contributed by atoms with E-state index < -0.39 is 12.1 Å². The number of carbonyl (C=O) groups is 2. The summed E-state index contributed by atoms with van der Waals surface area (Å²) in [6.45, 7) is 0. The van der Waals surface area contributed by atoms with E-state index >= 15 is 0 Å². The zero-order chi connectivity index (χ0) is 14.8. The predicted molar refractivity (Wildman–Crippen MR) is 78.0 cm³/mol. The van der Waals surface area contributed by atoms with Crippen LogP contribution in [0.5, 0.6) is 0 Å². The second-order valence-electron chi connectivity index (χ2n) is 4.91. The van der Waals surface area contributed by atoms with E-state index in [2.05, 4.69) is 0 Å². The van der Waals surface area contributed by atoms with E-state index in [0.717, 1.165) is 5.56 Å². The molecule has 0 saturated carbocycles. The number of Topliss-reactive ketones (excluding diaryl/α,β-unsaturated/α-hetero) is 1. The van der Waals surface area contributed by atoms with Gasteiger partial charge >= 0.3 is 6.09 Å². The van der Waals surface area contributed by atoms with Crippen LogP contribution in [-0.2, 0) is 4.74 Å². The van der Waals surface area contributed by atoms with Crippen LogP contribution in [0.15, 0.2) is 60.7 Å². The molecule has 1 saturated heterocycles. The van der Waals surface area contributed by atoms with Gasteiger partial charge in [-0.3, -0.25) is 9.69 Å². The third kappa shape index (κ3) is 2.40. The Morgan fingerprint density at radius 2 is 1.52 bits per heavy atom. The Hall–Kier alpha value is -2.62. The van der Waals surface area contributed by atoms with Gasteiger partial charge < -0.3 is 4.74 Å².